The first-order valence-electron chi connectivity index (χ1n) is 11.0. The normalized spacial score (nSPS) is 22.8. The first-order chi connectivity index (χ1) is 14.6. The second-order valence-corrected chi connectivity index (χ2v) is 8.27. The SMILES string of the molecule is C=C/C=C(CN1C(=O)C2=C(CCN(CC3=CCCC=C3)C2)N2CCN=C12)\C(C)=C/C. The van der Waals surface area contributed by atoms with Crippen LogP contribution in [0.25, 0.3) is 0 Å². The minimum Gasteiger partial charge on any atom is -0.314 e. The molecule has 0 radical (unpaired) electrons. The molecule has 158 valence electrons. The highest BCUT2D eigenvalue weighted by Crippen LogP contribution is 2.32. The van der Waals surface area contributed by atoms with E-state index in [2.05, 4.69) is 47.6 Å². The number of rotatable bonds is 6. The largest absolute Gasteiger partial charge is 0.314 e. The van der Waals surface area contributed by atoms with Crippen LogP contribution in [0.5, 0.6) is 0 Å². The second kappa shape index (κ2) is 9.00. The van der Waals surface area contributed by atoms with Gasteiger partial charge in [-0.15, -0.1) is 0 Å². The van der Waals surface area contributed by atoms with Crippen molar-refractivity contribution in [3.8, 4) is 0 Å². The highest BCUT2D eigenvalue weighted by atomic mass is 16.2. The molecule has 0 atom stereocenters. The molecule has 5 nitrogen and oxygen atoms in total. The Kier molecular flexibility index (Phi) is 6.18. The van der Waals surface area contributed by atoms with Crippen LogP contribution in [-0.2, 0) is 4.79 Å². The van der Waals surface area contributed by atoms with Crippen molar-refractivity contribution in [1.29, 1.82) is 0 Å². The van der Waals surface area contributed by atoms with Crippen molar-refractivity contribution in [2.45, 2.75) is 33.1 Å². The van der Waals surface area contributed by atoms with Gasteiger partial charge in [-0.25, -0.2) is 0 Å². The number of hydrogen-bond acceptors (Lipinski definition) is 4. The molecular weight excluding hydrogens is 372 g/mol. The molecule has 5 heteroatoms. The lowest BCUT2D eigenvalue weighted by Crippen LogP contribution is -2.54. The zero-order chi connectivity index (χ0) is 21.1. The summed E-state index contributed by atoms with van der Waals surface area (Å²) in [5.41, 5.74) is 5.76. The smallest absolute Gasteiger partial charge is 0.259 e. The molecule has 30 heavy (non-hydrogen) atoms. The molecule has 0 saturated heterocycles. The maximum atomic E-state index is 13.6. The number of allylic oxidation sites excluding steroid dienone is 5. The van der Waals surface area contributed by atoms with Gasteiger partial charge in [-0.2, -0.15) is 0 Å². The van der Waals surface area contributed by atoms with Gasteiger partial charge in [-0.05, 0) is 37.8 Å². The van der Waals surface area contributed by atoms with Crippen molar-refractivity contribution >= 4 is 11.9 Å². The highest BCUT2D eigenvalue weighted by molar-refractivity contribution is 6.10. The quantitative estimate of drug-likeness (QED) is 0.632. The fourth-order valence-electron chi connectivity index (χ4n) is 4.60. The second-order valence-electron chi connectivity index (χ2n) is 8.27. The number of carbonyl (C=O) groups is 1. The van der Waals surface area contributed by atoms with Crippen LogP contribution < -0.4 is 0 Å². The third-order valence-electron chi connectivity index (χ3n) is 6.35. The monoisotopic (exact) mass is 404 g/mol. The predicted octanol–water partition coefficient (Wildman–Crippen LogP) is 3.82. The van der Waals surface area contributed by atoms with Crippen molar-refractivity contribution < 1.29 is 4.79 Å². The number of aliphatic imine (C=N–C) groups is 1. The van der Waals surface area contributed by atoms with Crippen LogP contribution in [0.15, 0.2) is 76.0 Å². The summed E-state index contributed by atoms with van der Waals surface area (Å²) >= 11 is 0. The van der Waals surface area contributed by atoms with Crippen LogP contribution in [0, 0.1) is 0 Å². The lowest BCUT2D eigenvalue weighted by Gasteiger charge is -2.42. The zero-order valence-corrected chi connectivity index (χ0v) is 18.2. The molecule has 0 unspecified atom stereocenters. The zero-order valence-electron chi connectivity index (χ0n) is 18.2. The standard InChI is InChI=1S/C25H32N4O/c1-4-9-21(19(3)5-2)17-29-24(30)22-18-27(16-20-10-7-6-8-11-20)14-12-23(22)28-15-13-26-25(28)29/h4-5,7,9-11H,1,6,8,12-18H2,2-3H3/b19-5-,21-9-. The molecule has 3 heterocycles. The number of hydrogen-bond donors (Lipinski definition) is 0. The van der Waals surface area contributed by atoms with E-state index in [0.29, 0.717) is 13.1 Å². The summed E-state index contributed by atoms with van der Waals surface area (Å²) < 4.78 is 0. The number of guanidine groups is 1. The van der Waals surface area contributed by atoms with Crippen LogP contribution in [0.2, 0.25) is 0 Å². The molecule has 0 saturated carbocycles. The van der Waals surface area contributed by atoms with Crippen LogP contribution in [-0.4, -0.2) is 65.8 Å². The van der Waals surface area contributed by atoms with Gasteiger partial charge >= 0.3 is 0 Å². The van der Waals surface area contributed by atoms with Gasteiger partial charge in [0.1, 0.15) is 0 Å². The first-order valence-corrected chi connectivity index (χ1v) is 11.0. The van der Waals surface area contributed by atoms with Gasteiger partial charge in [0.25, 0.3) is 5.91 Å². The molecule has 0 fully saturated rings. The van der Waals surface area contributed by atoms with Gasteiger partial charge in [0.05, 0.1) is 18.7 Å². The lowest BCUT2D eigenvalue weighted by molar-refractivity contribution is -0.124. The Labute approximate surface area is 180 Å². The summed E-state index contributed by atoms with van der Waals surface area (Å²) in [5, 5.41) is 0. The number of nitrogens with zero attached hydrogens (tertiary/aromatic N) is 4. The predicted molar refractivity (Wildman–Crippen MR) is 123 cm³/mol. The summed E-state index contributed by atoms with van der Waals surface area (Å²) in [6, 6.07) is 0. The van der Waals surface area contributed by atoms with E-state index in [1.807, 2.05) is 17.9 Å². The van der Waals surface area contributed by atoms with Gasteiger partial charge in [0.15, 0.2) is 0 Å². The molecule has 0 aromatic heterocycles. The van der Waals surface area contributed by atoms with Crippen molar-refractivity contribution in [2.24, 2.45) is 4.99 Å². The number of fused-ring (bicyclic) bond motifs is 2. The maximum absolute atomic E-state index is 13.6. The Morgan fingerprint density at radius 1 is 1.30 bits per heavy atom. The molecule has 1 aliphatic carbocycles. The topological polar surface area (TPSA) is 39.2 Å². The Morgan fingerprint density at radius 3 is 2.90 bits per heavy atom. The average Bonchev–Trinajstić information content (AvgIpc) is 3.26. The Morgan fingerprint density at radius 2 is 2.17 bits per heavy atom. The Hall–Kier alpha value is -2.66. The van der Waals surface area contributed by atoms with Gasteiger partial charge in [-0.3, -0.25) is 19.6 Å². The Bertz CT molecular complexity index is 915. The van der Waals surface area contributed by atoms with Gasteiger partial charge in [-0.1, -0.05) is 48.6 Å². The van der Waals surface area contributed by atoms with E-state index in [0.717, 1.165) is 68.1 Å². The summed E-state index contributed by atoms with van der Waals surface area (Å²) in [6.07, 6.45) is 15.9. The minimum absolute atomic E-state index is 0.110. The van der Waals surface area contributed by atoms with Crippen molar-refractivity contribution in [2.75, 3.05) is 39.3 Å². The summed E-state index contributed by atoms with van der Waals surface area (Å²) in [7, 11) is 0. The van der Waals surface area contributed by atoms with Gasteiger partial charge in [0, 0.05) is 38.3 Å². The highest BCUT2D eigenvalue weighted by Gasteiger charge is 2.41. The van der Waals surface area contributed by atoms with E-state index in [9.17, 15) is 4.79 Å². The van der Waals surface area contributed by atoms with E-state index in [1.165, 1.54) is 11.3 Å². The van der Waals surface area contributed by atoms with E-state index in [-0.39, 0.29) is 5.91 Å². The van der Waals surface area contributed by atoms with Crippen LogP contribution in [0.1, 0.15) is 33.1 Å². The summed E-state index contributed by atoms with van der Waals surface area (Å²) in [4.78, 5) is 24.9. The summed E-state index contributed by atoms with van der Waals surface area (Å²) in [6.45, 7) is 12.7. The molecule has 3 aliphatic heterocycles. The summed E-state index contributed by atoms with van der Waals surface area (Å²) in [5.74, 6) is 0.933. The van der Waals surface area contributed by atoms with E-state index >= 15 is 0 Å². The maximum Gasteiger partial charge on any atom is 0.259 e. The fraction of sp³-hybridized carbons (Fsp3) is 0.440. The lowest BCUT2D eigenvalue weighted by atomic mass is 9.98. The Balaban J connectivity index is 1.58. The molecular formula is C25H32N4O. The molecule has 0 aromatic carbocycles. The molecule has 4 rings (SSSR count). The number of carbonyl (C=O) groups excluding carboxylic acids is 1. The van der Waals surface area contributed by atoms with E-state index in [4.69, 9.17) is 4.99 Å². The fourth-order valence-corrected chi connectivity index (χ4v) is 4.60. The van der Waals surface area contributed by atoms with E-state index in [1.54, 1.807) is 6.08 Å². The van der Waals surface area contributed by atoms with Gasteiger partial charge in [0.2, 0.25) is 5.96 Å². The molecule has 0 spiro atoms. The molecule has 1 amide bonds. The molecule has 0 bridgehead atoms. The van der Waals surface area contributed by atoms with Gasteiger partial charge < -0.3 is 4.90 Å². The van der Waals surface area contributed by atoms with Crippen LogP contribution in [0.3, 0.4) is 0 Å². The third-order valence-corrected chi connectivity index (χ3v) is 6.35. The van der Waals surface area contributed by atoms with Crippen LogP contribution in [0.4, 0.5) is 0 Å². The van der Waals surface area contributed by atoms with Crippen molar-refractivity contribution in [1.82, 2.24) is 14.7 Å². The van der Waals surface area contributed by atoms with Crippen molar-refractivity contribution in [3.63, 3.8) is 0 Å². The number of amides is 1. The van der Waals surface area contributed by atoms with Crippen molar-refractivity contribution in [3.05, 3.63) is 71.0 Å². The molecule has 0 N–H and O–H groups in total. The average molecular weight is 405 g/mol. The minimum atomic E-state index is 0.110. The molecule has 0 aromatic rings. The first kappa shape index (κ1) is 20.6. The van der Waals surface area contributed by atoms with Crippen LogP contribution >= 0.6 is 0 Å². The van der Waals surface area contributed by atoms with E-state index < -0.39 is 0 Å². The molecule has 4 aliphatic rings. The third kappa shape index (κ3) is 3.99.